The van der Waals surface area contributed by atoms with Crippen LogP contribution in [0.5, 0.6) is 5.75 Å². The minimum absolute atomic E-state index is 0.0125. The first-order valence-electron chi connectivity index (χ1n) is 7.31. The predicted octanol–water partition coefficient (Wildman–Crippen LogP) is 2.29. The highest BCUT2D eigenvalue weighted by Gasteiger charge is 2.30. The van der Waals surface area contributed by atoms with Crippen molar-refractivity contribution >= 4 is 5.91 Å². The van der Waals surface area contributed by atoms with Gasteiger partial charge in [-0.15, -0.1) is 0 Å². The van der Waals surface area contributed by atoms with Crippen LogP contribution >= 0.6 is 0 Å². The molecule has 1 aromatic rings. The second kappa shape index (κ2) is 6.27. The average Bonchev–Trinajstić information content (AvgIpc) is 2.48. The van der Waals surface area contributed by atoms with Gasteiger partial charge < -0.3 is 15.7 Å². The Bertz CT molecular complexity index is 487. The predicted molar refractivity (Wildman–Crippen MR) is 79.7 cm³/mol. The number of phenols is 1. The van der Waals surface area contributed by atoms with E-state index in [2.05, 4.69) is 0 Å². The van der Waals surface area contributed by atoms with E-state index >= 15 is 0 Å². The van der Waals surface area contributed by atoms with Gasteiger partial charge in [-0.2, -0.15) is 0 Å². The first kappa shape index (κ1) is 14.9. The molecular formula is C16H24N2O2. The number of nitrogens with two attached hydrogens (primary N) is 1. The van der Waals surface area contributed by atoms with E-state index in [0.29, 0.717) is 18.0 Å². The van der Waals surface area contributed by atoms with E-state index in [-0.39, 0.29) is 17.7 Å². The fourth-order valence-corrected chi connectivity index (χ4v) is 3.12. The number of aryl methyl sites for hydroxylation is 1. The highest BCUT2D eigenvalue weighted by molar-refractivity contribution is 5.94. The molecule has 1 fully saturated rings. The Kier molecular flexibility index (Phi) is 4.65. The molecule has 110 valence electrons. The van der Waals surface area contributed by atoms with Crippen LogP contribution in [-0.2, 0) is 0 Å². The Hall–Kier alpha value is -1.55. The van der Waals surface area contributed by atoms with Crippen LogP contribution in [-0.4, -0.2) is 35.5 Å². The van der Waals surface area contributed by atoms with Crippen molar-refractivity contribution in [3.05, 3.63) is 29.3 Å². The molecule has 0 spiro atoms. The quantitative estimate of drug-likeness (QED) is 0.890. The number of hydrogen-bond donors (Lipinski definition) is 2. The molecule has 2 rings (SSSR count). The lowest BCUT2D eigenvalue weighted by Crippen LogP contribution is -2.45. The number of rotatable bonds is 3. The van der Waals surface area contributed by atoms with Gasteiger partial charge in [0.05, 0.1) is 0 Å². The van der Waals surface area contributed by atoms with Crippen molar-refractivity contribution < 1.29 is 9.90 Å². The summed E-state index contributed by atoms with van der Waals surface area (Å²) in [6, 6.07) is 5.24. The normalized spacial score (nSPS) is 22.6. The minimum Gasteiger partial charge on any atom is -0.508 e. The van der Waals surface area contributed by atoms with Gasteiger partial charge >= 0.3 is 0 Å². The number of nitrogens with zero attached hydrogens (tertiary/aromatic N) is 1. The van der Waals surface area contributed by atoms with Gasteiger partial charge in [-0.1, -0.05) is 12.8 Å². The number of amides is 1. The fourth-order valence-electron chi connectivity index (χ4n) is 3.12. The van der Waals surface area contributed by atoms with Crippen LogP contribution in [0, 0.1) is 12.8 Å². The van der Waals surface area contributed by atoms with Gasteiger partial charge in [0.1, 0.15) is 5.75 Å². The van der Waals surface area contributed by atoms with E-state index in [9.17, 15) is 9.90 Å². The molecule has 0 aliphatic heterocycles. The zero-order valence-electron chi connectivity index (χ0n) is 12.3. The van der Waals surface area contributed by atoms with Gasteiger partial charge in [-0.05, 0) is 56.0 Å². The Morgan fingerprint density at radius 3 is 2.75 bits per heavy atom. The summed E-state index contributed by atoms with van der Waals surface area (Å²) in [7, 11) is 1.86. The maximum Gasteiger partial charge on any atom is 0.253 e. The fraction of sp³-hybridized carbons (Fsp3) is 0.562. The summed E-state index contributed by atoms with van der Waals surface area (Å²) < 4.78 is 0. The molecule has 1 aromatic carbocycles. The molecule has 1 aliphatic rings. The lowest BCUT2D eigenvalue weighted by Gasteiger charge is -2.37. The molecule has 1 saturated carbocycles. The second-order valence-corrected chi connectivity index (χ2v) is 5.76. The Morgan fingerprint density at radius 2 is 2.10 bits per heavy atom. The van der Waals surface area contributed by atoms with Gasteiger partial charge in [0.2, 0.25) is 0 Å². The molecule has 0 radical (unpaired) electrons. The molecule has 3 N–H and O–H groups in total. The standard InChI is InChI=1S/C16H24N2O2/c1-11-9-12(7-8-15(11)19)16(20)18(2)14-6-4-3-5-13(14)10-17/h7-9,13-14,19H,3-6,10,17H2,1-2H3. The zero-order chi connectivity index (χ0) is 14.7. The molecule has 4 heteroatoms. The van der Waals surface area contributed by atoms with Crippen LogP contribution in [0.3, 0.4) is 0 Å². The third-order valence-corrected chi connectivity index (χ3v) is 4.43. The summed E-state index contributed by atoms with van der Waals surface area (Å²) in [4.78, 5) is 14.4. The van der Waals surface area contributed by atoms with Crippen molar-refractivity contribution in [2.75, 3.05) is 13.6 Å². The van der Waals surface area contributed by atoms with Crippen LogP contribution in [0.15, 0.2) is 18.2 Å². The topological polar surface area (TPSA) is 66.6 Å². The van der Waals surface area contributed by atoms with Crippen LogP contribution in [0.1, 0.15) is 41.6 Å². The van der Waals surface area contributed by atoms with Crippen molar-refractivity contribution in [2.45, 2.75) is 38.6 Å². The SMILES string of the molecule is Cc1cc(C(=O)N(C)C2CCCCC2CN)ccc1O. The Balaban J connectivity index is 2.16. The van der Waals surface area contributed by atoms with Gasteiger partial charge in [0.15, 0.2) is 0 Å². The molecule has 1 aliphatic carbocycles. The largest absolute Gasteiger partial charge is 0.508 e. The summed E-state index contributed by atoms with van der Waals surface area (Å²) in [6.45, 7) is 2.44. The zero-order valence-corrected chi connectivity index (χ0v) is 12.3. The first-order chi connectivity index (χ1) is 9.54. The number of hydrogen-bond acceptors (Lipinski definition) is 3. The number of carbonyl (C=O) groups excluding carboxylic acids is 1. The van der Waals surface area contributed by atoms with Gasteiger partial charge in [-0.25, -0.2) is 0 Å². The number of benzene rings is 1. The van der Waals surface area contributed by atoms with E-state index in [0.717, 1.165) is 24.8 Å². The molecule has 2 atom stereocenters. The maximum atomic E-state index is 12.6. The highest BCUT2D eigenvalue weighted by Crippen LogP contribution is 2.28. The summed E-state index contributed by atoms with van der Waals surface area (Å²) >= 11 is 0. The molecule has 20 heavy (non-hydrogen) atoms. The van der Waals surface area contributed by atoms with Crippen molar-refractivity contribution in [1.29, 1.82) is 0 Å². The number of carbonyl (C=O) groups is 1. The molecule has 0 aromatic heterocycles. The van der Waals surface area contributed by atoms with Crippen LogP contribution in [0.2, 0.25) is 0 Å². The molecular weight excluding hydrogens is 252 g/mol. The third kappa shape index (κ3) is 2.96. The summed E-state index contributed by atoms with van der Waals surface area (Å²) in [5.74, 6) is 0.635. The monoisotopic (exact) mass is 276 g/mol. The second-order valence-electron chi connectivity index (χ2n) is 5.76. The highest BCUT2D eigenvalue weighted by atomic mass is 16.3. The van der Waals surface area contributed by atoms with E-state index in [1.165, 1.54) is 6.42 Å². The summed E-state index contributed by atoms with van der Waals surface area (Å²) in [5, 5.41) is 9.55. The van der Waals surface area contributed by atoms with Gasteiger partial charge in [0, 0.05) is 18.7 Å². The first-order valence-corrected chi connectivity index (χ1v) is 7.31. The smallest absolute Gasteiger partial charge is 0.253 e. The maximum absolute atomic E-state index is 12.6. The molecule has 2 unspecified atom stereocenters. The van der Waals surface area contributed by atoms with E-state index in [1.54, 1.807) is 25.1 Å². The Morgan fingerprint density at radius 1 is 1.40 bits per heavy atom. The number of phenolic OH excluding ortho intramolecular Hbond substituents is 1. The summed E-state index contributed by atoms with van der Waals surface area (Å²) in [6.07, 6.45) is 4.50. The number of aromatic hydroxyl groups is 1. The van der Waals surface area contributed by atoms with Gasteiger partial charge in [0.25, 0.3) is 5.91 Å². The van der Waals surface area contributed by atoms with E-state index in [4.69, 9.17) is 5.73 Å². The average molecular weight is 276 g/mol. The Labute approximate surface area is 120 Å². The van der Waals surface area contributed by atoms with Crippen molar-refractivity contribution in [2.24, 2.45) is 11.7 Å². The summed E-state index contributed by atoms with van der Waals surface area (Å²) in [5.41, 5.74) is 7.20. The molecule has 1 amide bonds. The lowest BCUT2D eigenvalue weighted by atomic mass is 9.83. The van der Waals surface area contributed by atoms with Crippen molar-refractivity contribution in [1.82, 2.24) is 4.90 Å². The van der Waals surface area contributed by atoms with Gasteiger partial charge in [-0.3, -0.25) is 4.79 Å². The van der Waals surface area contributed by atoms with Crippen LogP contribution in [0.25, 0.3) is 0 Å². The third-order valence-electron chi connectivity index (χ3n) is 4.43. The van der Waals surface area contributed by atoms with Crippen LogP contribution < -0.4 is 5.73 Å². The molecule has 0 heterocycles. The van der Waals surface area contributed by atoms with Crippen molar-refractivity contribution in [3.63, 3.8) is 0 Å². The lowest BCUT2D eigenvalue weighted by molar-refractivity contribution is 0.0620. The van der Waals surface area contributed by atoms with Crippen LogP contribution in [0.4, 0.5) is 0 Å². The van der Waals surface area contributed by atoms with Crippen molar-refractivity contribution in [3.8, 4) is 5.75 Å². The molecule has 4 nitrogen and oxygen atoms in total. The van der Waals surface area contributed by atoms with E-state index in [1.807, 2.05) is 11.9 Å². The van der Waals surface area contributed by atoms with E-state index < -0.39 is 0 Å². The minimum atomic E-state index is 0.0125. The molecule has 0 bridgehead atoms. The molecule has 0 saturated heterocycles.